The van der Waals surface area contributed by atoms with Crippen LogP contribution in [0, 0.1) is 17.3 Å². The lowest BCUT2D eigenvalue weighted by Gasteiger charge is -2.34. The SMILES string of the molecule is CCCC[C@]12[C@@H](c3ccccc3)O[C@@](CC)(C(=O)OC(C)(C)C)[C@H]1[C@@H]2C(=O)OCC. The van der Waals surface area contributed by atoms with Gasteiger partial charge in [0, 0.05) is 11.3 Å². The first-order valence-corrected chi connectivity index (χ1v) is 11.3. The summed E-state index contributed by atoms with van der Waals surface area (Å²) < 4.78 is 17.9. The molecule has 1 aromatic rings. The quantitative estimate of drug-likeness (QED) is 0.543. The van der Waals surface area contributed by atoms with Crippen molar-refractivity contribution in [2.24, 2.45) is 17.3 Å². The van der Waals surface area contributed by atoms with Crippen molar-refractivity contribution in [3.05, 3.63) is 35.9 Å². The number of carbonyl (C=O) groups is 2. The van der Waals surface area contributed by atoms with Crippen LogP contribution >= 0.6 is 0 Å². The molecular formula is C25H36O5. The van der Waals surface area contributed by atoms with Crippen LogP contribution in [0.2, 0.25) is 0 Å². The van der Waals surface area contributed by atoms with Crippen molar-refractivity contribution in [2.45, 2.75) is 84.5 Å². The van der Waals surface area contributed by atoms with Gasteiger partial charge in [-0.1, -0.05) is 57.0 Å². The van der Waals surface area contributed by atoms with Crippen molar-refractivity contribution in [3.63, 3.8) is 0 Å². The van der Waals surface area contributed by atoms with Crippen LogP contribution in [0.5, 0.6) is 0 Å². The van der Waals surface area contributed by atoms with Gasteiger partial charge < -0.3 is 14.2 Å². The van der Waals surface area contributed by atoms with Crippen molar-refractivity contribution in [1.29, 1.82) is 0 Å². The Morgan fingerprint density at radius 1 is 1.10 bits per heavy atom. The van der Waals surface area contributed by atoms with Crippen molar-refractivity contribution in [1.82, 2.24) is 0 Å². The molecule has 5 atom stereocenters. The molecule has 5 nitrogen and oxygen atoms in total. The highest BCUT2D eigenvalue weighted by Gasteiger charge is 2.85. The minimum absolute atomic E-state index is 0.218. The van der Waals surface area contributed by atoms with Gasteiger partial charge in [0.2, 0.25) is 0 Å². The normalized spacial score (nSPS) is 32.4. The number of hydrogen-bond acceptors (Lipinski definition) is 5. The fourth-order valence-electron chi connectivity index (χ4n) is 5.39. The second kappa shape index (κ2) is 8.33. The molecule has 166 valence electrons. The number of esters is 2. The topological polar surface area (TPSA) is 61.8 Å². The number of unbranched alkanes of at least 4 members (excludes halogenated alkanes) is 1. The van der Waals surface area contributed by atoms with Crippen LogP contribution in [0.4, 0.5) is 0 Å². The molecule has 0 radical (unpaired) electrons. The fourth-order valence-corrected chi connectivity index (χ4v) is 5.39. The lowest BCUT2D eigenvalue weighted by Crippen LogP contribution is -2.47. The first kappa shape index (κ1) is 22.8. The zero-order valence-electron chi connectivity index (χ0n) is 19.2. The first-order valence-electron chi connectivity index (χ1n) is 11.3. The molecule has 1 aliphatic carbocycles. The number of fused-ring (bicyclic) bond motifs is 1. The Labute approximate surface area is 180 Å². The minimum atomic E-state index is -1.14. The summed E-state index contributed by atoms with van der Waals surface area (Å²) in [6.07, 6.45) is 2.92. The Kier molecular flexibility index (Phi) is 6.33. The molecule has 0 unspecified atom stereocenters. The number of carbonyl (C=O) groups excluding carboxylic acids is 2. The fraction of sp³-hybridized carbons (Fsp3) is 0.680. The lowest BCUT2D eigenvalue weighted by atomic mass is 9.83. The molecule has 0 spiro atoms. The van der Waals surface area contributed by atoms with Crippen LogP contribution in [-0.2, 0) is 23.8 Å². The third-order valence-electron chi connectivity index (χ3n) is 6.58. The highest BCUT2D eigenvalue weighted by Crippen LogP contribution is 2.79. The molecule has 1 aliphatic heterocycles. The summed E-state index contributed by atoms with van der Waals surface area (Å²) in [7, 11) is 0. The smallest absolute Gasteiger partial charge is 0.339 e. The number of rotatable bonds is 8. The maximum Gasteiger partial charge on any atom is 0.339 e. The summed E-state index contributed by atoms with van der Waals surface area (Å²) in [4.78, 5) is 26.5. The van der Waals surface area contributed by atoms with Crippen molar-refractivity contribution >= 4 is 11.9 Å². The van der Waals surface area contributed by atoms with Gasteiger partial charge in [-0.3, -0.25) is 4.79 Å². The van der Waals surface area contributed by atoms with E-state index in [9.17, 15) is 9.59 Å². The molecule has 2 aliphatic rings. The van der Waals surface area contributed by atoms with E-state index in [4.69, 9.17) is 14.2 Å². The lowest BCUT2D eigenvalue weighted by molar-refractivity contribution is -0.191. The number of hydrogen-bond donors (Lipinski definition) is 0. The summed E-state index contributed by atoms with van der Waals surface area (Å²) in [6.45, 7) is 11.8. The minimum Gasteiger partial charge on any atom is -0.466 e. The Bertz CT molecular complexity index is 767. The van der Waals surface area contributed by atoms with Gasteiger partial charge in [-0.05, 0) is 46.1 Å². The first-order chi connectivity index (χ1) is 14.2. The third kappa shape index (κ3) is 3.66. The zero-order valence-corrected chi connectivity index (χ0v) is 19.2. The van der Waals surface area contributed by atoms with Crippen molar-refractivity contribution < 1.29 is 23.8 Å². The summed E-state index contributed by atoms with van der Waals surface area (Å²) in [5.74, 6) is -1.17. The van der Waals surface area contributed by atoms with E-state index >= 15 is 0 Å². The largest absolute Gasteiger partial charge is 0.466 e. The Balaban J connectivity index is 2.10. The van der Waals surface area contributed by atoms with Crippen molar-refractivity contribution in [3.8, 4) is 0 Å². The van der Waals surface area contributed by atoms with Crippen LogP contribution in [0.15, 0.2) is 30.3 Å². The van der Waals surface area contributed by atoms with Crippen LogP contribution < -0.4 is 0 Å². The molecule has 5 heteroatoms. The van der Waals surface area contributed by atoms with Gasteiger partial charge in [0.05, 0.1) is 18.6 Å². The van der Waals surface area contributed by atoms with E-state index in [1.54, 1.807) is 0 Å². The van der Waals surface area contributed by atoms with Gasteiger partial charge in [-0.25, -0.2) is 4.79 Å². The van der Waals surface area contributed by atoms with E-state index in [1.807, 2.05) is 65.0 Å². The summed E-state index contributed by atoms with van der Waals surface area (Å²) in [6, 6.07) is 9.96. The van der Waals surface area contributed by atoms with E-state index < -0.39 is 16.6 Å². The monoisotopic (exact) mass is 416 g/mol. The van der Waals surface area contributed by atoms with E-state index in [2.05, 4.69) is 6.92 Å². The van der Waals surface area contributed by atoms with E-state index in [0.717, 1.165) is 24.8 Å². The molecule has 0 aromatic heterocycles. The predicted molar refractivity (Wildman–Crippen MR) is 115 cm³/mol. The maximum absolute atomic E-state index is 13.5. The summed E-state index contributed by atoms with van der Waals surface area (Å²) in [5.41, 5.74) is -1.20. The molecule has 1 heterocycles. The molecule has 30 heavy (non-hydrogen) atoms. The molecule has 1 saturated heterocycles. The number of benzene rings is 1. The third-order valence-corrected chi connectivity index (χ3v) is 6.58. The van der Waals surface area contributed by atoms with Gasteiger partial charge in [0.1, 0.15) is 5.60 Å². The summed E-state index contributed by atoms with van der Waals surface area (Å²) >= 11 is 0. The molecule has 0 bridgehead atoms. The Hall–Kier alpha value is -1.88. The van der Waals surface area contributed by atoms with Gasteiger partial charge in [-0.2, -0.15) is 0 Å². The Morgan fingerprint density at radius 3 is 2.30 bits per heavy atom. The van der Waals surface area contributed by atoms with Crippen LogP contribution in [0.1, 0.15) is 78.9 Å². The van der Waals surface area contributed by atoms with Gasteiger partial charge >= 0.3 is 11.9 Å². The standard InChI is InChI=1S/C25H36O5/c1-7-10-16-24-18(21(26)28-9-3)19(24)25(8-2,22(27)30-23(4,5)6)29-20(24)17-14-12-11-13-15-17/h11-15,18-20H,7-10,16H2,1-6H3/t18-,19+,20-,24-,25-/m1/s1. The van der Waals surface area contributed by atoms with Gasteiger partial charge in [0.15, 0.2) is 5.60 Å². The predicted octanol–water partition coefficient (Wildman–Crippen LogP) is 5.23. The van der Waals surface area contributed by atoms with Crippen LogP contribution in [0.3, 0.4) is 0 Å². The van der Waals surface area contributed by atoms with Crippen molar-refractivity contribution in [2.75, 3.05) is 6.61 Å². The average Bonchev–Trinajstić information content (AvgIpc) is 3.28. The second-order valence-corrected chi connectivity index (χ2v) is 9.58. The Morgan fingerprint density at radius 2 is 1.77 bits per heavy atom. The summed E-state index contributed by atoms with van der Waals surface area (Å²) in [5, 5.41) is 0. The van der Waals surface area contributed by atoms with Crippen LogP contribution in [-0.4, -0.2) is 29.7 Å². The van der Waals surface area contributed by atoms with Crippen LogP contribution in [0.25, 0.3) is 0 Å². The highest BCUT2D eigenvalue weighted by atomic mass is 16.6. The molecule has 0 N–H and O–H groups in total. The number of ether oxygens (including phenoxy) is 3. The van der Waals surface area contributed by atoms with Gasteiger partial charge in [-0.15, -0.1) is 0 Å². The zero-order chi connectivity index (χ0) is 22.2. The molecule has 1 aromatic carbocycles. The molecular weight excluding hydrogens is 380 g/mol. The molecule has 3 rings (SSSR count). The maximum atomic E-state index is 13.5. The molecule has 1 saturated carbocycles. The van der Waals surface area contributed by atoms with Gasteiger partial charge in [0.25, 0.3) is 0 Å². The highest BCUT2D eigenvalue weighted by molar-refractivity contribution is 5.87. The molecule has 0 amide bonds. The average molecular weight is 417 g/mol. The van der Waals surface area contributed by atoms with E-state index in [-0.39, 0.29) is 29.9 Å². The second-order valence-electron chi connectivity index (χ2n) is 9.58. The van der Waals surface area contributed by atoms with E-state index in [1.165, 1.54) is 0 Å². The van der Waals surface area contributed by atoms with E-state index in [0.29, 0.717) is 13.0 Å². The molecule has 2 fully saturated rings.